The molecule has 1 heterocycles. The SMILES string of the molecule is COc1ccc(C)cc1CN1C(=O)C(C)NC(=O)C1C. The highest BCUT2D eigenvalue weighted by molar-refractivity contribution is 5.96. The van der Waals surface area contributed by atoms with Gasteiger partial charge >= 0.3 is 0 Å². The first-order chi connectivity index (χ1) is 9.43. The number of rotatable bonds is 3. The zero-order chi connectivity index (χ0) is 14.9. The van der Waals surface area contributed by atoms with E-state index in [0.29, 0.717) is 6.54 Å². The van der Waals surface area contributed by atoms with Crippen LogP contribution in [0.4, 0.5) is 0 Å². The van der Waals surface area contributed by atoms with Crippen LogP contribution >= 0.6 is 0 Å². The van der Waals surface area contributed by atoms with E-state index in [9.17, 15) is 9.59 Å². The third kappa shape index (κ3) is 2.61. The molecule has 0 aliphatic carbocycles. The molecule has 1 N–H and O–H groups in total. The minimum absolute atomic E-state index is 0.0688. The van der Waals surface area contributed by atoms with Gasteiger partial charge in [-0.1, -0.05) is 17.7 Å². The molecule has 0 radical (unpaired) electrons. The van der Waals surface area contributed by atoms with Crippen LogP contribution in [0.1, 0.15) is 25.0 Å². The van der Waals surface area contributed by atoms with Crippen LogP contribution in [0.2, 0.25) is 0 Å². The van der Waals surface area contributed by atoms with Crippen molar-refractivity contribution in [2.45, 2.75) is 39.4 Å². The molecular formula is C15H20N2O3. The minimum atomic E-state index is -0.477. The third-order valence-electron chi connectivity index (χ3n) is 3.64. The first kappa shape index (κ1) is 14.4. The summed E-state index contributed by atoms with van der Waals surface area (Å²) in [5.74, 6) is 0.540. The van der Waals surface area contributed by atoms with Gasteiger partial charge in [0.1, 0.15) is 17.8 Å². The number of ether oxygens (including phenoxy) is 1. The average Bonchev–Trinajstić information content (AvgIpc) is 2.41. The number of aryl methyl sites for hydroxylation is 1. The van der Waals surface area contributed by atoms with Gasteiger partial charge in [0.2, 0.25) is 11.8 Å². The summed E-state index contributed by atoms with van der Waals surface area (Å²) in [6, 6.07) is 4.88. The number of benzene rings is 1. The van der Waals surface area contributed by atoms with E-state index in [1.165, 1.54) is 0 Å². The van der Waals surface area contributed by atoms with E-state index in [0.717, 1.165) is 16.9 Å². The van der Waals surface area contributed by atoms with Gasteiger partial charge in [0.05, 0.1) is 13.7 Å². The van der Waals surface area contributed by atoms with Crippen molar-refractivity contribution in [3.8, 4) is 5.75 Å². The third-order valence-corrected chi connectivity index (χ3v) is 3.64. The van der Waals surface area contributed by atoms with Crippen molar-refractivity contribution in [3.05, 3.63) is 29.3 Å². The predicted molar refractivity (Wildman–Crippen MR) is 75.3 cm³/mol. The molecule has 1 saturated heterocycles. The quantitative estimate of drug-likeness (QED) is 0.903. The Bertz CT molecular complexity index is 542. The molecule has 1 aliphatic heterocycles. The van der Waals surface area contributed by atoms with Crippen LogP contribution in [0.25, 0.3) is 0 Å². The second-order valence-electron chi connectivity index (χ2n) is 5.19. The van der Waals surface area contributed by atoms with E-state index in [2.05, 4.69) is 5.32 Å². The van der Waals surface area contributed by atoms with Crippen LogP contribution in [0.15, 0.2) is 18.2 Å². The number of carbonyl (C=O) groups is 2. The summed E-state index contributed by atoms with van der Waals surface area (Å²) in [4.78, 5) is 25.7. The van der Waals surface area contributed by atoms with Crippen LogP contribution in [0.5, 0.6) is 5.75 Å². The van der Waals surface area contributed by atoms with Crippen molar-refractivity contribution in [2.75, 3.05) is 7.11 Å². The Morgan fingerprint density at radius 2 is 2.00 bits per heavy atom. The highest BCUT2D eigenvalue weighted by atomic mass is 16.5. The highest BCUT2D eigenvalue weighted by Gasteiger charge is 2.35. The van der Waals surface area contributed by atoms with Crippen molar-refractivity contribution in [3.63, 3.8) is 0 Å². The Balaban J connectivity index is 2.30. The van der Waals surface area contributed by atoms with Gasteiger partial charge in [0.15, 0.2) is 0 Å². The summed E-state index contributed by atoms with van der Waals surface area (Å²) >= 11 is 0. The number of nitrogens with one attached hydrogen (secondary N) is 1. The molecule has 108 valence electrons. The van der Waals surface area contributed by atoms with Gasteiger partial charge in [0.25, 0.3) is 0 Å². The van der Waals surface area contributed by atoms with Gasteiger partial charge in [-0.15, -0.1) is 0 Å². The van der Waals surface area contributed by atoms with E-state index < -0.39 is 12.1 Å². The Morgan fingerprint density at radius 1 is 1.30 bits per heavy atom. The molecule has 1 aromatic carbocycles. The van der Waals surface area contributed by atoms with Gasteiger partial charge in [-0.05, 0) is 26.8 Å². The minimum Gasteiger partial charge on any atom is -0.496 e. The summed E-state index contributed by atoms with van der Waals surface area (Å²) in [7, 11) is 1.60. The number of piperazine rings is 1. The number of amides is 2. The van der Waals surface area contributed by atoms with Crippen LogP contribution in [0.3, 0.4) is 0 Å². The van der Waals surface area contributed by atoms with Crippen molar-refractivity contribution < 1.29 is 14.3 Å². The monoisotopic (exact) mass is 276 g/mol. The first-order valence-corrected chi connectivity index (χ1v) is 6.68. The molecule has 1 fully saturated rings. The van der Waals surface area contributed by atoms with E-state index in [4.69, 9.17) is 4.74 Å². The van der Waals surface area contributed by atoms with Crippen LogP contribution in [-0.4, -0.2) is 35.9 Å². The fourth-order valence-electron chi connectivity index (χ4n) is 2.41. The van der Waals surface area contributed by atoms with E-state index in [1.54, 1.807) is 25.9 Å². The largest absolute Gasteiger partial charge is 0.496 e. The maximum absolute atomic E-state index is 12.2. The molecule has 1 aliphatic rings. The summed E-state index contributed by atoms with van der Waals surface area (Å²) in [6.45, 7) is 5.80. The zero-order valence-corrected chi connectivity index (χ0v) is 12.3. The number of hydrogen-bond donors (Lipinski definition) is 1. The van der Waals surface area contributed by atoms with Crippen LogP contribution in [0, 0.1) is 6.92 Å². The molecule has 0 bridgehead atoms. The van der Waals surface area contributed by atoms with Gasteiger partial charge in [-0.3, -0.25) is 9.59 Å². The standard InChI is InChI=1S/C15H20N2O3/c1-9-5-6-13(20-4)12(7-9)8-17-11(3)14(18)16-10(2)15(17)19/h5-7,10-11H,8H2,1-4H3,(H,16,18). The molecule has 2 amide bonds. The van der Waals surface area contributed by atoms with Crippen molar-refractivity contribution >= 4 is 11.8 Å². The van der Waals surface area contributed by atoms with Crippen molar-refractivity contribution in [2.24, 2.45) is 0 Å². The van der Waals surface area contributed by atoms with E-state index >= 15 is 0 Å². The molecule has 0 aromatic heterocycles. The maximum Gasteiger partial charge on any atom is 0.245 e. The number of hydrogen-bond acceptors (Lipinski definition) is 3. The zero-order valence-electron chi connectivity index (χ0n) is 12.3. The Morgan fingerprint density at radius 3 is 2.65 bits per heavy atom. The molecule has 2 rings (SSSR count). The summed E-state index contributed by atoms with van der Waals surface area (Å²) < 4.78 is 5.33. The number of nitrogens with zero attached hydrogens (tertiary/aromatic N) is 1. The van der Waals surface area contributed by atoms with Gasteiger partial charge < -0.3 is 15.0 Å². The second kappa shape index (κ2) is 5.53. The molecule has 0 saturated carbocycles. The van der Waals surface area contributed by atoms with Gasteiger partial charge in [-0.25, -0.2) is 0 Å². The Labute approximate surface area is 118 Å². The highest BCUT2D eigenvalue weighted by Crippen LogP contribution is 2.23. The first-order valence-electron chi connectivity index (χ1n) is 6.68. The average molecular weight is 276 g/mol. The molecule has 5 heteroatoms. The summed E-state index contributed by atoms with van der Waals surface area (Å²) in [5, 5.41) is 2.67. The van der Waals surface area contributed by atoms with E-state index in [1.807, 2.05) is 25.1 Å². The van der Waals surface area contributed by atoms with Crippen molar-refractivity contribution in [1.29, 1.82) is 0 Å². The Kier molecular flexibility index (Phi) is 3.97. The lowest BCUT2D eigenvalue weighted by molar-refractivity contribution is -0.148. The molecule has 5 nitrogen and oxygen atoms in total. The maximum atomic E-state index is 12.2. The normalized spacial score (nSPS) is 22.7. The lowest BCUT2D eigenvalue weighted by Crippen LogP contribution is -2.60. The summed E-state index contributed by atoms with van der Waals surface area (Å²) in [5.41, 5.74) is 2.00. The number of methoxy groups -OCH3 is 1. The van der Waals surface area contributed by atoms with Crippen molar-refractivity contribution in [1.82, 2.24) is 10.2 Å². The smallest absolute Gasteiger partial charge is 0.245 e. The summed E-state index contributed by atoms with van der Waals surface area (Å²) in [6.07, 6.45) is 0. The predicted octanol–water partition coefficient (Wildman–Crippen LogP) is 1.24. The molecule has 2 atom stereocenters. The van der Waals surface area contributed by atoms with E-state index in [-0.39, 0.29) is 11.8 Å². The van der Waals surface area contributed by atoms with Crippen LogP contribution < -0.4 is 10.1 Å². The lowest BCUT2D eigenvalue weighted by Gasteiger charge is -2.36. The lowest BCUT2D eigenvalue weighted by atomic mass is 10.1. The molecular weight excluding hydrogens is 256 g/mol. The van der Waals surface area contributed by atoms with Crippen LogP contribution in [-0.2, 0) is 16.1 Å². The van der Waals surface area contributed by atoms with Gasteiger partial charge in [-0.2, -0.15) is 0 Å². The fraction of sp³-hybridized carbons (Fsp3) is 0.467. The Hall–Kier alpha value is -2.04. The molecule has 1 aromatic rings. The topological polar surface area (TPSA) is 58.6 Å². The second-order valence-corrected chi connectivity index (χ2v) is 5.19. The molecule has 0 spiro atoms. The number of carbonyl (C=O) groups excluding carboxylic acids is 2. The van der Waals surface area contributed by atoms with Gasteiger partial charge in [0, 0.05) is 5.56 Å². The molecule has 2 unspecified atom stereocenters. The molecule has 20 heavy (non-hydrogen) atoms. The fourth-order valence-corrected chi connectivity index (χ4v) is 2.41.